The quantitative estimate of drug-likeness (QED) is 0.281. The minimum absolute atomic E-state index is 0.00514. The van der Waals surface area contributed by atoms with Gasteiger partial charge < -0.3 is 34.2 Å². The fourth-order valence-electron chi connectivity index (χ4n) is 8.08. The Morgan fingerprint density at radius 1 is 0.849 bits per heavy atom. The summed E-state index contributed by atoms with van der Waals surface area (Å²) in [4.78, 5) is 49.0. The third kappa shape index (κ3) is 9.08. The van der Waals surface area contributed by atoms with Gasteiger partial charge in [-0.3, -0.25) is 9.69 Å². The van der Waals surface area contributed by atoms with Crippen LogP contribution in [0.5, 0.6) is 5.75 Å². The molecule has 0 saturated carbocycles. The van der Waals surface area contributed by atoms with E-state index in [1.54, 1.807) is 4.90 Å². The first-order chi connectivity index (χ1) is 25.8. The Kier molecular flexibility index (Phi) is 12.0. The van der Waals surface area contributed by atoms with Crippen LogP contribution in [-0.2, 0) is 33.7 Å². The molecule has 3 saturated heterocycles. The molecule has 0 radical (unpaired) electrons. The maximum absolute atomic E-state index is 14.2. The third-order valence-corrected chi connectivity index (χ3v) is 11.4. The largest absolute Gasteiger partial charge is 0.487 e. The molecular formula is C41H50ClN5O6. The van der Waals surface area contributed by atoms with E-state index < -0.39 is 12.2 Å². The summed E-state index contributed by atoms with van der Waals surface area (Å²) in [6, 6.07) is 21.9. The van der Waals surface area contributed by atoms with E-state index in [-0.39, 0.29) is 24.4 Å². The number of amides is 4. The summed E-state index contributed by atoms with van der Waals surface area (Å²) in [5.74, 6) is 0.395. The van der Waals surface area contributed by atoms with Crippen molar-refractivity contribution in [3.63, 3.8) is 0 Å². The number of piperazine rings is 1. The average molecular weight is 744 g/mol. The topological polar surface area (TPSA) is 104 Å². The molecule has 3 fully saturated rings. The van der Waals surface area contributed by atoms with Crippen LogP contribution in [0.4, 0.5) is 15.3 Å². The molecule has 4 amide bonds. The molecule has 3 aromatic rings. The second kappa shape index (κ2) is 17.2. The molecule has 3 aromatic carbocycles. The van der Waals surface area contributed by atoms with Gasteiger partial charge in [0.1, 0.15) is 12.4 Å². The number of carbonyl (C=O) groups excluding carboxylic acids is 3. The molecule has 12 heteroatoms. The van der Waals surface area contributed by atoms with Gasteiger partial charge >= 0.3 is 12.1 Å². The number of benzene rings is 3. The number of urea groups is 1. The van der Waals surface area contributed by atoms with Crippen LogP contribution in [0.2, 0.25) is 5.02 Å². The van der Waals surface area contributed by atoms with Crippen molar-refractivity contribution in [3.05, 3.63) is 94.0 Å². The Morgan fingerprint density at radius 2 is 1.57 bits per heavy atom. The number of carbonyl (C=O) groups is 3. The highest BCUT2D eigenvalue weighted by atomic mass is 35.5. The summed E-state index contributed by atoms with van der Waals surface area (Å²) in [5, 5.41) is 3.50. The number of ether oxygens (including phenoxy) is 3. The maximum Gasteiger partial charge on any atom is 0.410 e. The van der Waals surface area contributed by atoms with Gasteiger partial charge in [-0.05, 0) is 73.4 Å². The van der Waals surface area contributed by atoms with Crippen LogP contribution in [0.15, 0.2) is 66.7 Å². The van der Waals surface area contributed by atoms with Crippen LogP contribution in [0, 0.1) is 6.92 Å². The van der Waals surface area contributed by atoms with Crippen molar-refractivity contribution in [2.24, 2.45) is 0 Å². The maximum atomic E-state index is 14.2. The number of fused-ring (bicyclic) bond motifs is 1. The Morgan fingerprint density at radius 3 is 2.30 bits per heavy atom. The fourth-order valence-corrected chi connectivity index (χ4v) is 8.43. The third-order valence-electron chi connectivity index (χ3n) is 11.1. The van der Waals surface area contributed by atoms with Crippen LogP contribution in [0.1, 0.15) is 47.9 Å². The second-order valence-electron chi connectivity index (χ2n) is 14.5. The smallest absolute Gasteiger partial charge is 0.410 e. The van der Waals surface area contributed by atoms with E-state index in [1.165, 1.54) is 0 Å². The number of nitrogens with zero attached hydrogens (tertiary/aromatic N) is 4. The minimum atomic E-state index is -1.02. The standard InChI is InChI=1S/C41H50ClN5O6/c1-29-25-31(26-35(42)38(29)52-28-30-7-3-2-4-8-30)27-37(39(48)45-21-19-44(20-22-45)33-14-23-51-24-15-33)53-41(50)46-16-12-34(13-17-46)47-18-11-32-9-5-6-10-36(32)43-40(47)49/h2-10,25-26,33-34,37H,11-24,27-28H2,1H3,(H,43,49)/t37-/m1/s1. The van der Waals surface area contributed by atoms with Crippen molar-refractivity contribution in [2.75, 3.05) is 64.3 Å². The molecular weight excluding hydrogens is 694 g/mol. The summed E-state index contributed by atoms with van der Waals surface area (Å²) in [5.41, 5.74) is 4.64. The molecule has 0 aromatic heterocycles. The number of nitrogens with one attached hydrogen (secondary N) is 1. The first-order valence-corrected chi connectivity index (χ1v) is 19.4. The first kappa shape index (κ1) is 37.0. The number of halogens is 1. The lowest BCUT2D eigenvalue weighted by Gasteiger charge is -2.41. The fraction of sp³-hybridized carbons (Fsp3) is 0.488. The molecule has 0 bridgehead atoms. The van der Waals surface area contributed by atoms with E-state index in [9.17, 15) is 14.4 Å². The van der Waals surface area contributed by atoms with Gasteiger partial charge in [0.2, 0.25) is 0 Å². The van der Waals surface area contributed by atoms with Crippen molar-refractivity contribution >= 4 is 35.3 Å². The van der Waals surface area contributed by atoms with Crippen LogP contribution in [-0.4, -0.2) is 115 Å². The molecule has 1 atom stereocenters. The van der Waals surface area contributed by atoms with Crippen molar-refractivity contribution in [3.8, 4) is 5.75 Å². The van der Waals surface area contributed by atoms with Crippen molar-refractivity contribution in [2.45, 2.75) is 70.2 Å². The number of rotatable bonds is 9. The van der Waals surface area contributed by atoms with Gasteiger partial charge in [0, 0.05) is 83.2 Å². The van der Waals surface area contributed by atoms with E-state index >= 15 is 0 Å². The van der Waals surface area contributed by atoms with Gasteiger partial charge in [0.05, 0.1) is 5.02 Å². The second-order valence-corrected chi connectivity index (χ2v) is 14.9. The molecule has 0 spiro atoms. The van der Waals surface area contributed by atoms with Crippen molar-refractivity contribution in [1.29, 1.82) is 0 Å². The number of piperidine rings is 1. The normalized spacial score (nSPS) is 19.6. The Balaban J connectivity index is 1.01. The SMILES string of the molecule is Cc1cc(C[C@@H](OC(=O)N2CCC(N3CCc4ccccc4NC3=O)CC2)C(=O)N2CCN(C3CCOCC3)CC2)cc(Cl)c1OCc1ccccc1. The summed E-state index contributed by atoms with van der Waals surface area (Å²) < 4.78 is 17.8. The summed E-state index contributed by atoms with van der Waals surface area (Å²) in [6.07, 6.45) is 2.70. The predicted molar refractivity (Wildman–Crippen MR) is 203 cm³/mol. The highest BCUT2D eigenvalue weighted by Crippen LogP contribution is 2.32. The summed E-state index contributed by atoms with van der Waals surface area (Å²) in [7, 11) is 0. The molecule has 53 heavy (non-hydrogen) atoms. The highest BCUT2D eigenvalue weighted by molar-refractivity contribution is 6.32. The lowest BCUT2D eigenvalue weighted by Crippen LogP contribution is -2.56. The Labute approximate surface area is 317 Å². The first-order valence-electron chi connectivity index (χ1n) is 19.0. The number of para-hydroxylation sites is 1. The van der Waals surface area contributed by atoms with Crippen molar-refractivity contribution in [1.82, 2.24) is 19.6 Å². The van der Waals surface area contributed by atoms with Gasteiger partial charge in [-0.15, -0.1) is 0 Å². The van der Waals surface area contributed by atoms with Crippen LogP contribution in [0.25, 0.3) is 0 Å². The van der Waals surface area contributed by atoms with Gasteiger partial charge in [-0.2, -0.15) is 0 Å². The molecule has 282 valence electrons. The molecule has 0 unspecified atom stereocenters. The van der Waals surface area contributed by atoms with Gasteiger partial charge in [-0.25, -0.2) is 9.59 Å². The van der Waals surface area contributed by atoms with E-state index in [1.807, 2.05) is 83.5 Å². The number of hydrogen-bond acceptors (Lipinski definition) is 7. The van der Waals surface area contributed by atoms with E-state index in [2.05, 4.69) is 10.2 Å². The molecule has 7 rings (SSSR count). The van der Waals surface area contributed by atoms with Gasteiger partial charge in [0.25, 0.3) is 5.91 Å². The number of likely N-dealkylation sites (tertiary alicyclic amines) is 1. The number of anilines is 1. The minimum Gasteiger partial charge on any atom is -0.487 e. The number of hydrogen-bond donors (Lipinski definition) is 1. The lowest BCUT2D eigenvalue weighted by molar-refractivity contribution is -0.143. The molecule has 1 N–H and O–H groups in total. The summed E-state index contributed by atoms with van der Waals surface area (Å²) in [6.45, 7) is 8.05. The monoisotopic (exact) mass is 743 g/mol. The molecule has 4 aliphatic heterocycles. The zero-order chi connectivity index (χ0) is 36.7. The Bertz CT molecular complexity index is 1710. The molecule has 4 aliphatic rings. The average Bonchev–Trinajstić information content (AvgIpc) is 3.36. The molecule has 0 aliphatic carbocycles. The van der Waals surface area contributed by atoms with E-state index in [4.69, 9.17) is 25.8 Å². The zero-order valence-corrected chi connectivity index (χ0v) is 31.3. The summed E-state index contributed by atoms with van der Waals surface area (Å²) >= 11 is 6.77. The van der Waals surface area contributed by atoms with E-state index in [0.717, 1.165) is 73.5 Å². The van der Waals surface area contributed by atoms with Gasteiger partial charge in [0.15, 0.2) is 6.10 Å². The molecule has 11 nitrogen and oxygen atoms in total. The van der Waals surface area contributed by atoms with E-state index in [0.29, 0.717) is 69.0 Å². The predicted octanol–water partition coefficient (Wildman–Crippen LogP) is 6.15. The zero-order valence-electron chi connectivity index (χ0n) is 30.5. The van der Waals surface area contributed by atoms with Crippen LogP contribution < -0.4 is 10.1 Å². The molecule has 4 heterocycles. The number of aryl methyl sites for hydroxylation is 1. The lowest BCUT2D eigenvalue weighted by atomic mass is 10.0. The van der Waals surface area contributed by atoms with Gasteiger partial charge in [-0.1, -0.05) is 66.2 Å². The van der Waals surface area contributed by atoms with Crippen LogP contribution >= 0.6 is 11.6 Å². The highest BCUT2D eigenvalue weighted by Gasteiger charge is 2.36. The Hall–Kier alpha value is -4.32. The van der Waals surface area contributed by atoms with Crippen molar-refractivity contribution < 1.29 is 28.6 Å². The van der Waals surface area contributed by atoms with Crippen LogP contribution in [0.3, 0.4) is 0 Å².